The standard InChI is InChI=1S/C35H51N9O5/c1-23(2)31(40-34(48)35(5,6)16-18-44-21-30(41-42-44)27-19-36-24(3)37-20-27)33(47)39-29(11-9-10-17-43(7)8)32(46)38-28-14-12-26(13-15-28)22-49-25(4)45/h12-15,19-21,23,29,31H,9-11,16-18,22H2,1-8H3,(H,38,46)(H,39,47)(H,40,48)/t29-,31-/m0/s1. The monoisotopic (exact) mass is 677 g/mol. The molecule has 0 fully saturated rings. The Labute approximate surface area is 288 Å². The lowest BCUT2D eigenvalue weighted by atomic mass is 9.87. The van der Waals surface area contributed by atoms with Crippen LogP contribution in [0, 0.1) is 18.3 Å². The van der Waals surface area contributed by atoms with Crippen LogP contribution in [0.5, 0.6) is 0 Å². The molecule has 0 spiro atoms. The van der Waals surface area contributed by atoms with Crippen LogP contribution in [0.15, 0.2) is 42.9 Å². The number of unbranched alkanes of at least 4 members (excludes halogenated alkanes) is 1. The Morgan fingerprint density at radius 2 is 1.65 bits per heavy atom. The minimum absolute atomic E-state index is 0.137. The van der Waals surface area contributed by atoms with Gasteiger partial charge in [0.05, 0.1) is 6.20 Å². The van der Waals surface area contributed by atoms with Gasteiger partial charge in [-0.05, 0) is 76.9 Å². The van der Waals surface area contributed by atoms with Crippen molar-refractivity contribution in [2.45, 2.75) is 92.5 Å². The van der Waals surface area contributed by atoms with Gasteiger partial charge >= 0.3 is 5.97 Å². The largest absolute Gasteiger partial charge is 0.461 e. The summed E-state index contributed by atoms with van der Waals surface area (Å²) < 4.78 is 6.70. The average Bonchev–Trinajstić information content (AvgIpc) is 3.52. The molecule has 3 N–H and O–H groups in total. The van der Waals surface area contributed by atoms with E-state index in [0.29, 0.717) is 43.0 Å². The van der Waals surface area contributed by atoms with Crippen molar-refractivity contribution in [2.75, 3.05) is 26.0 Å². The number of aromatic nitrogens is 5. The second kappa shape index (κ2) is 18.2. The topological polar surface area (TPSA) is 173 Å². The number of nitrogens with one attached hydrogen (secondary N) is 3. The molecule has 14 nitrogen and oxygen atoms in total. The third kappa shape index (κ3) is 12.7. The van der Waals surface area contributed by atoms with Crippen LogP contribution in [0.2, 0.25) is 0 Å². The van der Waals surface area contributed by atoms with E-state index in [1.165, 1.54) is 6.92 Å². The molecule has 2 atom stereocenters. The molecule has 3 aromatic rings. The van der Waals surface area contributed by atoms with Crippen molar-refractivity contribution >= 4 is 29.4 Å². The predicted octanol–water partition coefficient (Wildman–Crippen LogP) is 3.52. The Morgan fingerprint density at radius 3 is 2.27 bits per heavy atom. The quantitative estimate of drug-likeness (QED) is 0.134. The van der Waals surface area contributed by atoms with E-state index in [4.69, 9.17) is 4.74 Å². The van der Waals surface area contributed by atoms with Gasteiger partial charge in [-0.1, -0.05) is 45.0 Å². The second-order valence-electron chi connectivity index (χ2n) is 13.5. The van der Waals surface area contributed by atoms with Crippen LogP contribution in [0.3, 0.4) is 0 Å². The molecular formula is C35H51N9O5. The van der Waals surface area contributed by atoms with Gasteiger partial charge in [-0.3, -0.25) is 23.9 Å². The van der Waals surface area contributed by atoms with E-state index in [0.717, 1.165) is 24.1 Å². The first-order chi connectivity index (χ1) is 23.1. The molecule has 266 valence electrons. The fraction of sp³-hybridized carbons (Fsp3) is 0.543. The van der Waals surface area contributed by atoms with Gasteiger partial charge in [-0.25, -0.2) is 9.97 Å². The Bertz CT molecular complexity index is 1540. The van der Waals surface area contributed by atoms with Gasteiger partial charge in [0.25, 0.3) is 0 Å². The molecule has 0 unspecified atom stereocenters. The smallest absolute Gasteiger partial charge is 0.302 e. The van der Waals surface area contributed by atoms with Gasteiger partial charge < -0.3 is 25.6 Å². The van der Waals surface area contributed by atoms with Crippen LogP contribution in [0.4, 0.5) is 5.69 Å². The molecule has 1 aromatic carbocycles. The first kappa shape index (κ1) is 38.7. The number of carbonyl (C=O) groups is 4. The zero-order valence-corrected chi connectivity index (χ0v) is 29.9. The van der Waals surface area contributed by atoms with Crippen molar-refractivity contribution in [2.24, 2.45) is 11.3 Å². The Hall–Kier alpha value is -4.72. The molecule has 0 bridgehead atoms. The fourth-order valence-corrected chi connectivity index (χ4v) is 4.85. The summed E-state index contributed by atoms with van der Waals surface area (Å²) >= 11 is 0. The average molecular weight is 678 g/mol. The molecule has 3 rings (SSSR count). The number of hydrogen-bond donors (Lipinski definition) is 3. The number of esters is 1. The number of ether oxygens (including phenoxy) is 1. The molecule has 14 heteroatoms. The summed E-state index contributed by atoms with van der Waals surface area (Å²) in [5.74, 6) is -1.02. The van der Waals surface area contributed by atoms with E-state index in [1.807, 2.05) is 48.7 Å². The van der Waals surface area contributed by atoms with Crippen LogP contribution in [-0.4, -0.2) is 86.3 Å². The Balaban J connectivity index is 1.64. The van der Waals surface area contributed by atoms with Crippen LogP contribution >= 0.6 is 0 Å². The Kier molecular flexibility index (Phi) is 14.3. The lowest BCUT2D eigenvalue weighted by molar-refractivity contribution is -0.142. The van der Waals surface area contributed by atoms with Gasteiger partial charge in [-0.2, -0.15) is 0 Å². The minimum atomic E-state index is -0.857. The van der Waals surface area contributed by atoms with E-state index in [2.05, 4.69) is 41.1 Å². The Morgan fingerprint density at radius 1 is 0.980 bits per heavy atom. The maximum Gasteiger partial charge on any atom is 0.302 e. The summed E-state index contributed by atoms with van der Waals surface area (Å²) in [5, 5.41) is 17.1. The number of nitrogens with zero attached hydrogens (tertiary/aromatic N) is 6. The van der Waals surface area contributed by atoms with Crippen LogP contribution in [0.1, 0.15) is 71.7 Å². The lowest BCUT2D eigenvalue weighted by Crippen LogP contribution is -2.56. The SMILES string of the molecule is CC(=O)OCc1ccc(NC(=O)[C@H](CCCCN(C)C)NC(=O)[C@@H](NC(=O)C(C)(C)CCn2cc(-c3cnc(C)nc3)nn2)C(C)C)cc1. The summed E-state index contributed by atoms with van der Waals surface area (Å²) in [4.78, 5) is 62.3. The molecule has 2 heterocycles. The third-order valence-electron chi connectivity index (χ3n) is 8.08. The van der Waals surface area contributed by atoms with Crippen molar-refractivity contribution in [1.82, 2.24) is 40.5 Å². The fourth-order valence-electron chi connectivity index (χ4n) is 4.85. The maximum absolute atomic E-state index is 13.7. The van der Waals surface area contributed by atoms with Crippen molar-refractivity contribution in [3.8, 4) is 11.3 Å². The van der Waals surface area contributed by atoms with Gasteiger partial charge in [0.15, 0.2) is 0 Å². The molecule has 0 saturated heterocycles. The third-order valence-corrected chi connectivity index (χ3v) is 8.08. The molecule has 0 aliphatic rings. The van der Waals surface area contributed by atoms with E-state index < -0.39 is 23.4 Å². The summed E-state index contributed by atoms with van der Waals surface area (Å²) in [6.07, 6.45) is 7.59. The normalized spacial score (nSPS) is 12.8. The van der Waals surface area contributed by atoms with E-state index in [1.54, 1.807) is 47.5 Å². The summed E-state index contributed by atoms with van der Waals surface area (Å²) in [6, 6.07) is 5.29. The highest BCUT2D eigenvalue weighted by Gasteiger charge is 2.34. The maximum atomic E-state index is 13.7. The van der Waals surface area contributed by atoms with Crippen molar-refractivity contribution in [1.29, 1.82) is 0 Å². The second-order valence-corrected chi connectivity index (χ2v) is 13.5. The predicted molar refractivity (Wildman–Crippen MR) is 186 cm³/mol. The molecular weight excluding hydrogens is 626 g/mol. The molecule has 2 aromatic heterocycles. The van der Waals surface area contributed by atoms with E-state index in [-0.39, 0.29) is 30.3 Å². The van der Waals surface area contributed by atoms with Crippen LogP contribution in [0.25, 0.3) is 11.3 Å². The number of carbonyl (C=O) groups excluding carboxylic acids is 4. The molecule has 0 aliphatic carbocycles. The van der Waals surface area contributed by atoms with Crippen molar-refractivity contribution < 1.29 is 23.9 Å². The first-order valence-corrected chi connectivity index (χ1v) is 16.6. The number of benzene rings is 1. The summed E-state index contributed by atoms with van der Waals surface area (Å²) in [7, 11) is 3.97. The summed E-state index contributed by atoms with van der Waals surface area (Å²) in [6.45, 7) is 11.9. The van der Waals surface area contributed by atoms with Gasteiger partial charge in [0.1, 0.15) is 30.2 Å². The van der Waals surface area contributed by atoms with Gasteiger partial charge in [0, 0.05) is 42.5 Å². The van der Waals surface area contributed by atoms with E-state index >= 15 is 0 Å². The van der Waals surface area contributed by atoms with Crippen molar-refractivity contribution in [3.63, 3.8) is 0 Å². The first-order valence-electron chi connectivity index (χ1n) is 16.6. The number of rotatable bonds is 18. The highest BCUT2D eigenvalue weighted by Crippen LogP contribution is 2.23. The van der Waals surface area contributed by atoms with Gasteiger partial charge in [0.2, 0.25) is 17.7 Å². The number of amides is 3. The zero-order valence-electron chi connectivity index (χ0n) is 29.9. The molecule has 0 saturated carbocycles. The molecule has 3 amide bonds. The number of hydrogen-bond acceptors (Lipinski definition) is 10. The number of aryl methyl sites for hydroxylation is 2. The van der Waals surface area contributed by atoms with Gasteiger partial charge in [-0.15, -0.1) is 5.10 Å². The zero-order chi connectivity index (χ0) is 36.1. The molecule has 49 heavy (non-hydrogen) atoms. The minimum Gasteiger partial charge on any atom is -0.461 e. The van der Waals surface area contributed by atoms with Crippen LogP contribution in [-0.2, 0) is 37.1 Å². The van der Waals surface area contributed by atoms with Crippen LogP contribution < -0.4 is 16.0 Å². The highest BCUT2D eigenvalue weighted by atomic mass is 16.5. The summed E-state index contributed by atoms with van der Waals surface area (Å²) in [5.41, 5.74) is 1.88. The van der Waals surface area contributed by atoms with Crippen molar-refractivity contribution in [3.05, 3.63) is 54.2 Å². The molecule has 0 radical (unpaired) electrons. The highest BCUT2D eigenvalue weighted by molar-refractivity contribution is 5.98. The number of anilines is 1. The van der Waals surface area contributed by atoms with E-state index in [9.17, 15) is 19.2 Å². The molecule has 0 aliphatic heterocycles. The lowest BCUT2D eigenvalue weighted by Gasteiger charge is -2.30.